The van der Waals surface area contributed by atoms with Gasteiger partial charge in [-0.25, -0.2) is 0 Å². The minimum atomic E-state index is -5.45. The minimum absolute atomic E-state index is 0.0263. The van der Waals surface area contributed by atoms with E-state index < -0.39 is 18.3 Å². The van der Waals surface area contributed by atoms with Gasteiger partial charge in [-0.15, -0.1) is 0 Å². The third-order valence-electron chi connectivity index (χ3n) is 19.2. The van der Waals surface area contributed by atoms with Crippen molar-refractivity contribution >= 4 is 16.3 Å². The summed E-state index contributed by atoms with van der Waals surface area (Å²) in [5, 5.41) is 0. The molecule has 5 aliphatic carbocycles. The molecule has 0 bridgehead atoms. The van der Waals surface area contributed by atoms with E-state index in [9.17, 15) is 0 Å². The van der Waals surface area contributed by atoms with Crippen LogP contribution in [0.15, 0.2) is 123 Å². The molecule has 1 fully saturated rings. The number of hydrogen-bond acceptors (Lipinski definition) is 0. The quantitative estimate of drug-likeness (QED) is 0.222. The van der Waals surface area contributed by atoms with Crippen molar-refractivity contribution in [2.75, 3.05) is 0 Å². The molecular formula is C57H74Zr. The summed E-state index contributed by atoms with van der Waals surface area (Å²) in [6.45, 7) is 36.0. The Morgan fingerprint density at radius 2 is 1.34 bits per heavy atom. The van der Waals surface area contributed by atoms with Gasteiger partial charge in [0.15, 0.2) is 0 Å². The monoisotopic (exact) mass is 848 g/mol. The summed E-state index contributed by atoms with van der Waals surface area (Å²) in [4.78, 5) is 0. The first-order chi connectivity index (χ1) is 27.1. The van der Waals surface area contributed by atoms with Gasteiger partial charge < -0.3 is 0 Å². The number of benzene rings is 3. The van der Waals surface area contributed by atoms with E-state index in [1.165, 1.54) is 60.1 Å². The summed E-state index contributed by atoms with van der Waals surface area (Å²) in [7, 11) is 0. The Hall–Kier alpha value is -2.89. The number of allylic oxidation sites excluding steroid dienone is 10. The van der Waals surface area contributed by atoms with Gasteiger partial charge in [0.25, 0.3) is 0 Å². The summed E-state index contributed by atoms with van der Waals surface area (Å²) in [6.07, 6.45) is 17.5. The molecule has 0 saturated heterocycles. The third-order valence-corrected chi connectivity index (χ3v) is 39.1. The fourth-order valence-electron chi connectivity index (χ4n) is 14.4. The number of rotatable bonds is 7. The predicted molar refractivity (Wildman–Crippen MR) is 251 cm³/mol. The van der Waals surface area contributed by atoms with Gasteiger partial charge in [-0.3, -0.25) is 0 Å². The Bertz CT molecular complexity index is 2350. The molecule has 1 heteroatoms. The van der Waals surface area contributed by atoms with Gasteiger partial charge in [0.05, 0.1) is 0 Å². The molecule has 3 aromatic carbocycles. The molecule has 0 N–H and O–H groups in total. The third kappa shape index (κ3) is 4.93. The summed E-state index contributed by atoms with van der Waals surface area (Å²) in [6, 6.07) is 29.6. The summed E-state index contributed by atoms with van der Waals surface area (Å²) in [5.41, 5.74) is 13.3. The Labute approximate surface area is 354 Å². The predicted octanol–water partition coefficient (Wildman–Crippen LogP) is 14.6. The van der Waals surface area contributed by atoms with E-state index in [1.54, 1.807) is 25.6 Å². The van der Waals surface area contributed by atoms with Crippen molar-refractivity contribution in [3.05, 3.63) is 145 Å². The van der Waals surface area contributed by atoms with Gasteiger partial charge in [-0.05, 0) is 0 Å². The molecule has 0 amide bonds. The first-order valence-corrected chi connectivity index (χ1v) is 29.6. The van der Waals surface area contributed by atoms with E-state index in [2.05, 4.69) is 194 Å². The van der Waals surface area contributed by atoms with Crippen molar-refractivity contribution in [2.24, 2.45) is 38.9 Å². The standard InChI is InChI=1S/C29H37.C13H21.2C7H7.CH2.Zr/c1-18-25-22-17-19-13-9-10-14-20(19)24(22)21-15-11-12-16-23(21)29(25,8)28(6,7)27(4,5)26(18,2)3;1-5-6-7-11-8-9-12(10-11)13(2,3)4;2*1-7-5-3-2-4-6-7;;/h9-11,13-15,23H,12,16-17H2,1-8H3;9-11H,5-7H2,1-4H3;2*3-6H,1H3;1H2;. The molecule has 4 atom stereocenters. The molecule has 5 aliphatic rings. The first-order valence-electron chi connectivity index (χ1n) is 22.9. The Balaban J connectivity index is 1.68. The Morgan fingerprint density at radius 1 is 0.759 bits per heavy atom. The summed E-state index contributed by atoms with van der Waals surface area (Å²) < 4.78 is 10.8. The van der Waals surface area contributed by atoms with Crippen LogP contribution < -0.4 is 6.54 Å². The molecule has 0 heterocycles. The molecule has 1 saturated carbocycles. The van der Waals surface area contributed by atoms with Crippen LogP contribution in [0.5, 0.6) is 0 Å². The van der Waals surface area contributed by atoms with Gasteiger partial charge in [0.2, 0.25) is 0 Å². The van der Waals surface area contributed by atoms with E-state index in [0.29, 0.717) is 11.8 Å². The van der Waals surface area contributed by atoms with Crippen LogP contribution in [0.4, 0.5) is 0 Å². The molecule has 0 aliphatic heterocycles. The number of unbranched alkanes of at least 4 members (excludes halogenated alkanes) is 1. The molecule has 0 aromatic heterocycles. The van der Waals surface area contributed by atoms with Gasteiger partial charge in [-0.2, -0.15) is 0 Å². The van der Waals surface area contributed by atoms with Gasteiger partial charge in [-0.1, -0.05) is 0 Å². The van der Waals surface area contributed by atoms with Crippen molar-refractivity contribution in [2.45, 2.75) is 139 Å². The first kappa shape index (κ1) is 41.8. The average Bonchev–Trinajstić information content (AvgIpc) is 3.80. The zero-order valence-electron chi connectivity index (χ0n) is 38.8. The van der Waals surface area contributed by atoms with Gasteiger partial charge in [0.1, 0.15) is 0 Å². The number of fused-ring (bicyclic) bond motifs is 6. The van der Waals surface area contributed by atoms with Crippen molar-refractivity contribution in [1.29, 1.82) is 0 Å². The Kier molecular flexibility index (Phi) is 9.60. The van der Waals surface area contributed by atoms with Crippen molar-refractivity contribution in [1.82, 2.24) is 0 Å². The second-order valence-corrected chi connectivity index (χ2v) is 36.5. The van der Waals surface area contributed by atoms with E-state index in [4.69, 9.17) is 4.21 Å². The molecule has 58 heavy (non-hydrogen) atoms. The fourth-order valence-corrected chi connectivity index (χ4v) is 35.8. The summed E-state index contributed by atoms with van der Waals surface area (Å²) >= 11 is -5.45. The van der Waals surface area contributed by atoms with Crippen LogP contribution in [0.1, 0.15) is 137 Å². The zero-order chi connectivity index (χ0) is 42.1. The molecule has 306 valence electrons. The van der Waals surface area contributed by atoms with Crippen LogP contribution in [-0.4, -0.2) is 4.21 Å². The van der Waals surface area contributed by atoms with Gasteiger partial charge in [0, 0.05) is 0 Å². The van der Waals surface area contributed by atoms with E-state index >= 15 is 0 Å². The van der Waals surface area contributed by atoms with Crippen molar-refractivity contribution in [3.8, 4) is 0 Å². The fraction of sp³-hybridized carbons (Fsp3) is 0.491. The van der Waals surface area contributed by atoms with Crippen LogP contribution in [-0.2, 0) is 24.7 Å². The van der Waals surface area contributed by atoms with Crippen LogP contribution in [0.3, 0.4) is 0 Å². The summed E-state index contributed by atoms with van der Waals surface area (Å²) in [5.74, 6) is 0.761. The van der Waals surface area contributed by atoms with E-state index in [0.717, 1.165) is 12.8 Å². The molecule has 4 unspecified atom stereocenters. The topological polar surface area (TPSA) is 0 Å². The van der Waals surface area contributed by atoms with E-state index in [1.807, 2.05) is 0 Å². The van der Waals surface area contributed by atoms with Crippen LogP contribution in [0.25, 0.3) is 5.57 Å². The van der Waals surface area contributed by atoms with Gasteiger partial charge >= 0.3 is 357 Å². The Morgan fingerprint density at radius 3 is 1.91 bits per heavy atom. The van der Waals surface area contributed by atoms with Crippen molar-refractivity contribution < 1.29 is 18.3 Å². The van der Waals surface area contributed by atoms with Crippen LogP contribution in [0, 0.1) is 52.8 Å². The molecule has 0 radical (unpaired) electrons. The molecule has 0 spiro atoms. The van der Waals surface area contributed by atoms with Crippen LogP contribution >= 0.6 is 0 Å². The van der Waals surface area contributed by atoms with E-state index in [-0.39, 0.29) is 30.2 Å². The molecule has 8 rings (SSSR count). The normalized spacial score (nSPS) is 28.4. The maximum atomic E-state index is 6.40. The average molecular weight is 850 g/mol. The van der Waals surface area contributed by atoms with Crippen molar-refractivity contribution in [3.63, 3.8) is 0 Å². The zero-order valence-corrected chi connectivity index (χ0v) is 41.3. The number of hydrogen-bond donors (Lipinski definition) is 0. The second-order valence-electron chi connectivity index (χ2n) is 22.7. The molecule has 3 aromatic rings. The van der Waals surface area contributed by atoms with Crippen LogP contribution in [0.2, 0.25) is 3.12 Å². The maximum absolute atomic E-state index is 6.40. The SMILES string of the molecule is [CH2]=[Zr]([C]1=CC(C(C)(C)C)=CC1CCCC)([c]1ccc(C)cc1)([c]1ccc(C)cc1)[C]1(C)C2=C3Cc4ccccc4C3=C3C=CCCC3C2(C)C(C)(C)C(C)(C)C1(C)C. The number of aryl methyl sites for hydroxylation is 2. The molecule has 0 nitrogen and oxygen atoms in total. The molecular weight excluding hydrogens is 776 g/mol. The second kappa shape index (κ2) is 13.3.